The van der Waals surface area contributed by atoms with Crippen LogP contribution in [0.1, 0.15) is 65.6 Å². The maximum Gasteiger partial charge on any atom is 0.261 e. The molecule has 0 bridgehead atoms. The molecule has 0 aromatic carbocycles. The van der Waals surface area contributed by atoms with Gasteiger partial charge in [0.25, 0.3) is 5.91 Å². The number of fused-ring (bicyclic) bond motifs is 1. The smallest absolute Gasteiger partial charge is 0.261 e. The van der Waals surface area contributed by atoms with Crippen molar-refractivity contribution in [2.75, 3.05) is 0 Å². The van der Waals surface area contributed by atoms with Gasteiger partial charge in [0, 0.05) is 4.88 Å². The highest BCUT2D eigenvalue weighted by atomic mass is 32.1. The van der Waals surface area contributed by atoms with Gasteiger partial charge in [-0.05, 0) is 49.7 Å². The van der Waals surface area contributed by atoms with Gasteiger partial charge >= 0.3 is 0 Å². The first-order valence-corrected chi connectivity index (χ1v) is 9.09. The fourth-order valence-corrected chi connectivity index (χ4v) is 4.69. The van der Waals surface area contributed by atoms with E-state index in [1.54, 1.807) is 11.3 Å². The Bertz CT molecular complexity index is 511. The number of aliphatic hydroxyl groups excluding tert-OH is 1. The first-order chi connectivity index (χ1) is 10.2. The molecule has 1 amide bonds. The van der Waals surface area contributed by atoms with Gasteiger partial charge in [0.2, 0.25) is 0 Å². The largest absolute Gasteiger partial charge is 0.391 e. The predicted octanol–water partition coefficient (Wildman–Crippen LogP) is 3.30. The molecule has 3 nitrogen and oxygen atoms in total. The molecule has 1 fully saturated rings. The predicted molar refractivity (Wildman–Crippen MR) is 85.9 cm³/mol. The highest BCUT2D eigenvalue weighted by molar-refractivity contribution is 7.14. The van der Waals surface area contributed by atoms with Crippen LogP contribution in [-0.2, 0) is 12.8 Å². The lowest BCUT2D eigenvalue weighted by Gasteiger charge is -2.28. The molecule has 2 aliphatic carbocycles. The molecule has 21 heavy (non-hydrogen) atoms. The van der Waals surface area contributed by atoms with E-state index in [4.69, 9.17) is 0 Å². The van der Waals surface area contributed by atoms with E-state index in [0.717, 1.165) is 49.3 Å². The van der Waals surface area contributed by atoms with Gasteiger partial charge in [-0.25, -0.2) is 0 Å². The molecule has 2 aliphatic rings. The van der Waals surface area contributed by atoms with Crippen molar-refractivity contribution in [1.82, 2.24) is 5.32 Å². The summed E-state index contributed by atoms with van der Waals surface area (Å²) >= 11 is 1.65. The molecule has 0 aliphatic heterocycles. The van der Waals surface area contributed by atoms with Gasteiger partial charge in [-0.15, -0.1) is 11.3 Å². The molecule has 0 saturated heterocycles. The van der Waals surface area contributed by atoms with E-state index >= 15 is 0 Å². The van der Waals surface area contributed by atoms with E-state index in [0.29, 0.717) is 0 Å². The summed E-state index contributed by atoms with van der Waals surface area (Å²) in [6.07, 6.45) is 8.24. The number of carbonyl (C=O) groups is 1. The van der Waals surface area contributed by atoms with Crippen molar-refractivity contribution in [3.63, 3.8) is 0 Å². The number of hydrogen-bond acceptors (Lipinski definition) is 3. The first kappa shape index (κ1) is 15.0. The average molecular weight is 307 g/mol. The standard InChI is InChI=1S/C17H25NO2S/c1-2-11-7-8-15-12(9-11)10-16(21-15)17(20)18-13-5-3-4-6-14(13)19/h10-11,13-14,19H,2-9H2,1H3,(H,18,20). The molecule has 116 valence electrons. The average Bonchev–Trinajstić information content (AvgIpc) is 2.92. The van der Waals surface area contributed by atoms with Gasteiger partial charge in [-0.1, -0.05) is 26.2 Å². The minimum atomic E-state index is -0.373. The summed E-state index contributed by atoms with van der Waals surface area (Å²) in [6.45, 7) is 2.25. The molecular weight excluding hydrogens is 282 g/mol. The monoisotopic (exact) mass is 307 g/mol. The van der Waals surface area contributed by atoms with Crippen molar-refractivity contribution in [3.05, 3.63) is 21.4 Å². The summed E-state index contributed by atoms with van der Waals surface area (Å²) in [6, 6.07) is 2.03. The molecule has 1 saturated carbocycles. The second-order valence-corrected chi connectivity index (χ2v) is 7.64. The van der Waals surface area contributed by atoms with Gasteiger partial charge in [-0.3, -0.25) is 4.79 Å². The minimum Gasteiger partial charge on any atom is -0.391 e. The summed E-state index contributed by atoms with van der Waals surface area (Å²) in [5, 5.41) is 13.0. The Hall–Kier alpha value is -0.870. The van der Waals surface area contributed by atoms with Crippen molar-refractivity contribution in [2.24, 2.45) is 5.92 Å². The molecular formula is C17H25NO2S. The minimum absolute atomic E-state index is 0.00778. The fourth-order valence-electron chi connectivity index (χ4n) is 3.58. The van der Waals surface area contributed by atoms with E-state index in [1.807, 2.05) is 0 Å². The van der Waals surface area contributed by atoms with E-state index in [-0.39, 0.29) is 18.1 Å². The van der Waals surface area contributed by atoms with E-state index < -0.39 is 0 Å². The maximum atomic E-state index is 12.4. The zero-order valence-corrected chi connectivity index (χ0v) is 13.5. The third-order valence-electron chi connectivity index (χ3n) is 5.03. The number of amides is 1. The molecule has 2 N–H and O–H groups in total. The lowest BCUT2D eigenvalue weighted by Crippen LogP contribution is -2.44. The summed E-state index contributed by atoms with van der Waals surface area (Å²) in [7, 11) is 0. The van der Waals surface area contributed by atoms with Crippen molar-refractivity contribution < 1.29 is 9.90 Å². The normalized spacial score (nSPS) is 29.0. The van der Waals surface area contributed by atoms with Crippen LogP contribution in [0.2, 0.25) is 0 Å². The van der Waals surface area contributed by atoms with Crippen LogP contribution in [0.25, 0.3) is 0 Å². The Morgan fingerprint density at radius 1 is 1.38 bits per heavy atom. The second kappa shape index (κ2) is 6.49. The molecule has 4 heteroatoms. The summed E-state index contributed by atoms with van der Waals surface area (Å²) in [5.74, 6) is 0.788. The second-order valence-electron chi connectivity index (χ2n) is 6.51. The Kier molecular flexibility index (Phi) is 4.65. The number of nitrogens with one attached hydrogen (secondary N) is 1. The Morgan fingerprint density at radius 2 is 2.19 bits per heavy atom. The van der Waals surface area contributed by atoms with Crippen LogP contribution < -0.4 is 5.32 Å². The highest BCUT2D eigenvalue weighted by Crippen LogP contribution is 2.33. The third kappa shape index (κ3) is 3.32. The van der Waals surface area contributed by atoms with Crippen LogP contribution in [-0.4, -0.2) is 23.2 Å². The quantitative estimate of drug-likeness (QED) is 0.900. The van der Waals surface area contributed by atoms with Gasteiger partial charge in [-0.2, -0.15) is 0 Å². The van der Waals surface area contributed by atoms with E-state index in [2.05, 4.69) is 18.3 Å². The summed E-state index contributed by atoms with van der Waals surface area (Å²) in [5.41, 5.74) is 1.38. The summed E-state index contributed by atoms with van der Waals surface area (Å²) < 4.78 is 0. The van der Waals surface area contributed by atoms with Crippen LogP contribution in [0.5, 0.6) is 0 Å². The van der Waals surface area contributed by atoms with Crippen molar-refractivity contribution in [2.45, 2.75) is 70.4 Å². The van der Waals surface area contributed by atoms with Gasteiger partial charge in [0.15, 0.2) is 0 Å². The molecule has 3 rings (SSSR count). The van der Waals surface area contributed by atoms with Gasteiger partial charge < -0.3 is 10.4 Å². The van der Waals surface area contributed by atoms with Crippen LogP contribution in [0, 0.1) is 5.92 Å². The molecule has 0 radical (unpaired) electrons. The van der Waals surface area contributed by atoms with E-state index in [9.17, 15) is 9.90 Å². The van der Waals surface area contributed by atoms with Gasteiger partial charge in [0.05, 0.1) is 17.0 Å². The number of rotatable bonds is 3. The fraction of sp³-hybridized carbons (Fsp3) is 0.706. The van der Waals surface area contributed by atoms with Crippen molar-refractivity contribution >= 4 is 17.2 Å². The molecule has 0 spiro atoms. The number of thiophene rings is 1. The Balaban J connectivity index is 1.67. The van der Waals surface area contributed by atoms with Crippen LogP contribution in [0.4, 0.5) is 0 Å². The highest BCUT2D eigenvalue weighted by Gasteiger charge is 2.27. The first-order valence-electron chi connectivity index (χ1n) is 8.28. The van der Waals surface area contributed by atoms with Crippen molar-refractivity contribution in [3.8, 4) is 0 Å². The van der Waals surface area contributed by atoms with Crippen molar-refractivity contribution in [1.29, 1.82) is 0 Å². The van der Waals surface area contributed by atoms with Crippen LogP contribution >= 0.6 is 11.3 Å². The Morgan fingerprint density at radius 3 is 2.95 bits per heavy atom. The number of aryl methyl sites for hydroxylation is 1. The van der Waals surface area contributed by atoms with Gasteiger partial charge in [0.1, 0.15) is 0 Å². The summed E-state index contributed by atoms with van der Waals surface area (Å²) in [4.78, 5) is 14.6. The Labute approximate surface area is 130 Å². The van der Waals surface area contributed by atoms with Crippen LogP contribution in [0.15, 0.2) is 6.07 Å². The molecule has 3 atom stereocenters. The number of carbonyl (C=O) groups excluding carboxylic acids is 1. The number of hydrogen-bond donors (Lipinski definition) is 2. The third-order valence-corrected chi connectivity index (χ3v) is 6.27. The zero-order chi connectivity index (χ0) is 14.8. The zero-order valence-electron chi connectivity index (χ0n) is 12.7. The van der Waals surface area contributed by atoms with Crippen LogP contribution in [0.3, 0.4) is 0 Å². The molecule has 3 unspecified atom stereocenters. The lowest BCUT2D eigenvalue weighted by atomic mass is 9.87. The molecule has 1 aromatic heterocycles. The lowest BCUT2D eigenvalue weighted by molar-refractivity contribution is 0.0720. The SMILES string of the molecule is CCC1CCc2sc(C(=O)NC3CCCCC3O)cc2C1. The topological polar surface area (TPSA) is 49.3 Å². The molecule has 1 heterocycles. The van der Waals surface area contributed by atoms with E-state index in [1.165, 1.54) is 23.3 Å². The molecule has 1 aromatic rings. The number of aliphatic hydroxyl groups is 1. The maximum absolute atomic E-state index is 12.4.